The van der Waals surface area contributed by atoms with E-state index in [0.29, 0.717) is 11.6 Å². The lowest BCUT2D eigenvalue weighted by Crippen LogP contribution is -2.38. The Morgan fingerprint density at radius 2 is 2.05 bits per heavy atom. The number of amides is 1. The second kappa shape index (κ2) is 8.08. The molecule has 0 aromatic heterocycles. The van der Waals surface area contributed by atoms with Gasteiger partial charge in [-0.1, -0.05) is 48.9 Å². The minimum absolute atomic E-state index is 0.000481. The van der Waals surface area contributed by atoms with Gasteiger partial charge in [0.25, 0.3) is 0 Å². The molecule has 0 saturated heterocycles. The van der Waals surface area contributed by atoms with Crippen molar-refractivity contribution in [1.29, 1.82) is 0 Å². The highest BCUT2D eigenvalue weighted by atomic mass is 35.5. The van der Waals surface area contributed by atoms with Gasteiger partial charge >= 0.3 is 0 Å². The second-order valence-electron chi connectivity index (χ2n) is 5.07. The molecule has 1 atom stereocenters. The first kappa shape index (κ1) is 16.7. The van der Waals surface area contributed by atoms with Crippen molar-refractivity contribution in [2.24, 2.45) is 0 Å². The SMILES string of the molecule is C=C(C)CN(CC)CC(=O)NC(C)c1ccccc1Cl. The van der Waals surface area contributed by atoms with Gasteiger partial charge < -0.3 is 5.32 Å². The molecule has 0 bridgehead atoms. The van der Waals surface area contributed by atoms with Crippen LogP contribution in [0.1, 0.15) is 32.4 Å². The Bertz CT molecular complexity index is 473. The molecule has 20 heavy (non-hydrogen) atoms. The van der Waals surface area contributed by atoms with Gasteiger partial charge in [-0.05, 0) is 32.0 Å². The molecule has 1 aromatic carbocycles. The summed E-state index contributed by atoms with van der Waals surface area (Å²) in [6.07, 6.45) is 0. The second-order valence-corrected chi connectivity index (χ2v) is 5.48. The topological polar surface area (TPSA) is 32.3 Å². The third-order valence-corrected chi connectivity index (χ3v) is 3.40. The smallest absolute Gasteiger partial charge is 0.234 e. The average molecular weight is 295 g/mol. The molecule has 0 fully saturated rings. The van der Waals surface area contributed by atoms with Crippen LogP contribution in [-0.4, -0.2) is 30.4 Å². The number of carbonyl (C=O) groups excluding carboxylic acids is 1. The number of rotatable bonds is 7. The Hall–Kier alpha value is -1.32. The Labute approximate surface area is 126 Å². The first-order valence-corrected chi connectivity index (χ1v) is 7.22. The van der Waals surface area contributed by atoms with Gasteiger partial charge in [0, 0.05) is 11.6 Å². The van der Waals surface area contributed by atoms with Crippen LogP contribution in [0.15, 0.2) is 36.4 Å². The summed E-state index contributed by atoms with van der Waals surface area (Å²) in [6.45, 7) is 11.8. The zero-order valence-corrected chi connectivity index (χ0v) is 13.2. The maximum absolute atomic E-state index is 12.1. The van der Waals surface area contributed by atoms with E-state index in [0.717, 1.165) is 24.2 Å². The Morgan fingerprint density at radius 1 is 1.40 bits per heavy atom. The van der Waals surface area contributed by atoms with Crippen molar-refractivity contribution < 1.29 is 4.79 Å². The van der Waals surface area contributed by atoms with Crippen molar-refractivity contribution in [1.82, 2.24) is 10.2 Å². The quantitative estimate of drug-likeness (QED) is 0.782. The van der Waals surface area contributed by atoms with Gasteiger partial charge in [0.15, 0.2) is 0 Å². The first-order valence-electron chi connectivity index (χ1n) is 6.84. The van der Waals surface area contributed by atoms with Crippen LogP contribution in [0, 0.1) is 0 Å². The van der Waals surface area contributed by atoms with Gasteiger partial charge in [-0.2, -0.15) is 0 Å². The Kier molecular flexibility index (Phi) is 6.76. The van der Waals surface area contributed by atoms with Crippen molar-refractivity contribution in [2.45, 2.75) is 26.8 Å². The summed E-state index contributed by atoms with van der Waals surface area (Å²) in [5.41, 5.74) is 1.99. The maximum atomic E-state index is 12.1. The van der Waals surface area contributed by atoms with Gasteiger partial charge in [-0.15, -0.1) is 0 Å². The summed E-state index contributed by atoms with van der Waals surface area (Å²) in [7, 11) is 0. The van der Waals surface area contributed by atoms with Crippen molar-refractivity contribution in [3.8, 4) is 0 Å². The number of nitrogens with zero attached hydrogens (tertiary/aromatic N) is 1. The van der Waals surface area contributed by atoms with Crippen LogP contribution in [0.4, 0.5) is 0 Å². The molecule has 3 nitrogen and oxygen atoms in total. The van der Waals surface area contributed by atoms with Crippen LogP contribution in [0.2, 0.25) is 5.02 Å². The van der Waals surface area contributed by atoms with Crippen molar-refractivity contribution >= 4 is 17.5 Å². The van der Waals surface area contributed by atoms with E-state index in [-0.39, 0.29) is 11.9 Å². The highest BCUT2D eigenvalue weighted by molar-refractivity contribution is 6.31. The molecule has 0 aliphatic carbocycles. The molecule has 1 aromatic rings. The van der Waals surface area contributed by atoms with E-state index in [1.807, 2.05) is 45.0 Å². The largest absolute Gasteiger partial charge is 0.348 e. The lowest BCUT2D eigenvalue weighted by molar-refractivity contribution is -0.122. The van der Waals surface area contributed by atoms with Gasteiger partial charge in [-0.25, -0.2) is 0 Å². The third kappa shape index (κ3) is 5.35. The fourth-order valence-corrected chi connectivity index (χ4v) is 2.35. The lowest BCUT2D eigenvalue weighted by Gasteiger charge is -2.22. The molecule has 0 spiro atoms. The number of hydrogen-bond donors (Lipinski definition) is 1. The van der Waals surface area contributed by atoms with Crippen molar-refractivity contribution in [3.05, 3.63) is 47.0 Å². The molecule has 110 valence electrons. The van der Waals surface area contributed by atoms with Gasteiger partial charge in [0.1, 0.15) is 0 Å². The average Bonchev–Trinajstić information content (AvgIpc) is 2.37. The fourth-order valence-electron chi connectivity index (χ4n) is 2.06. The normalized spacial score (nSPS) is 12.2. The monoisotopic (exact) mass is 294 g/mol. The predicted molar refractivity (Wildman–Crippen MR) is 84.9 cm³/mol. The number of carbonyl (C=O) groups is 1. The summed E-state index contributed by atoms with van der Waals surface area (Å²) in [6, 6.07) is 7.47. The molecule has 4 heteroatoms. The molecule has 0 radical (unpaired) electrons. The van der Waals surface area contributed by atoms with Crippen molar-refractivity contribution in [3.63, 3.8) is 0 Å². The van der Waals surface area contributed by atoms with Crippen LogP contribution in [0.3, 0.4) is 0 Å². The zero-order valence-electron chi connectivity index (χ0n) is 12.4. The molecule has 1 unspecified atom stereocenters. The molecule has 1 N–H and O–H groups in total. The first-order chi connectivity index (χ1) is 9.43. The number of likely N-dealkylation sites (N-methyl/N-ethyl adjacent to an activating group) is 1. The van der Waals surface area contributed by atoms with E-state index in [2.05, 4.69) is 16.8 Å². The number of halogens is 1. The van der Waals surface area contributed by atoms with Crippen LogP contribution < -0.4 is 5.32 Å². The molecule has 1 amide bonds. The summed E-state index contributed by atoms with van der Waals surface area (Å²) in [5.74, 6) is 0.000481. The van der Waals surface area contributed by atoms with Crippen LogP contribution >= 0.6 is 11.6 Å². The van der Waals surface area contributed by atoms with Crippen LogP contribution in [0.5, 0.6) is 0 Å². The number of hydrogen-bond acceptors (Lipinski definition) is 2. The van der Waals surface area contributed by atoms with E-state index in [1.54, 1.807) is 0 Å². The standard InChI is InChI=1S/C16H23ClN2O/c1-5-19(10-12(2)3)11-16(20)18-13(4)14-8-6-7-9-15(14)17/h6-9,13H,2,5,10-11H2,1,3-4H3,(H,18,20). The van der Waals surface area contributed by atoms with Gasteiger partial charge in [0.2, 0.25) is 5.91 Å². The summed E-state index contributed by atoms with van der Waals surface area (Å²) >= 11 is 6.13. The third-order valence-electron chi connectivity index (χ3n) is 3.06. The molecule has 0 saturated carbocycles. The lowest BCUT2D eigenvalue weighted by atomic mass is 10.1. The van der Waals surface area contributed by atoms with Crippen molar-refractivity contribution in [2.75, 3.05) is 19.6 Å². The summed E-state index contributed by atoms with van der Waals surface area (Å²) in [5, 5.41) is 3.66. The minimum atomic E-state index is -0.0975. The van der Waals surface area contributed by atoms with Crippen LogP contribution in [0.25, 0.3) is 0 Å². The molecule has 0 heterocycles. The molecular formula is C16H23ClN2O. The summed E-state index contributed by atoms with van der Waals surface area (Å²) < 4.78 is 0. The maximum Gasteiger partial charge on any atom is 0.234 e. The van der Waals surface area contributed by atoms with E-state index in [1.165, 1.54) is 0 Å². The molecule has 0 aliphatic rings. The fraction of sp³-hybridized carbons (Fsp3) is 0.438. The minimum Gasteiger partial charge on any atom is -0.348 e. The van der Waals surface area contributed by atoms with E-state index in [9.17, 15) is 4.79 Å². The number of benzene rings is 1. The highest BCUT2D eigenvalue weighted by Crippen LogP contribution is 2.21. The Balaban J connectivity index is 2.57. The predicted octanol–water partition coefficient (Wildman–Crippen LogP) is 3.42. The van der Waals surface area contributed by atoms with E-state index in [4.69, 9.17) is 11.6 Å². The highest BCUT2D eigenvalue weighted by Gasteiger charge is 2.14. The van der Waals surface area contributed by atoms with E-state index < -0.39 is 0 Å². The molecule has 1 rings (SSSR count). The molecule has 0 aliphatic heterocycles. The zero-order chi connectivity index (χ0) is 15.1. The molecular weight excluding hydrogens is 272 g/mol. The van der Waals surface area contributed by atoms with Gasteiger partial charge in [0.05, 0.1) is 12.6 Å². The number of nitrogens with one attached hydrogen (secondary N) is 1. The summed E-state index contributed by atoms with van der Waals surface area (Å²) in [4.78, 5) is 14.1. The van der Waals surface area contributed by atoms with Crippen LogP contribution in [-0.2, 0) is 4.79 Å². The van der Waals surface area contributed by atoms with Gasteiger partial charge in [-0.3, -0.25) is 9.69 Å². The van der Waals surface area contributed by atoms with E-state index >= 15 is 0 Å². The Morgan fingerprint density at radius 3 is 2.60 bits per heavy atom.